The first-order valence-corrected chi connectivity index (χ1v) is 7.69. The molecule has 5 heteroatoms. The number of carbonyl (C=O) groups is 1. The minimum absolute atomic E-state index is 0.187. The molecule has 2 fully saturated rings. The van der Waals surface area contributed by atoms with Crippen molar-refractivity contribution in [1.29, 1.82) is 0 Å². The van der Waals surface area contributed by atoms with Crippen LogP contribution in [0.1, 0.15) is 26.7 Å². The summed E-state index contributed by atoms with van der Waals surface area (Å²) in [6.07, 6.45) is 2.04. The highest BCUT2D eigenvalue weighted by Crippen LogP contribution is 2.09. The van der Waals surface area contributed by atoms with Crippen molar-refractivity contribution in [3.05, 3.63) is 0 Å². The van der Waals surface area contributed by atoms with Gasteiger partial charge >= 0.3 is 0 Å². The van der Waals surface area contributed by atoms with Crippen molar-refractivity contribution >= 4 is 5.91 Å². The van der Waals surface area contributed by atoms with Crippen molar-refractivity contribution < 1.29 is 4.79 Å². The van der Waals surface area contributed by atoms with Crippen LogP contribution in [0.15, 0.2) is 0 Å². The predicted octanol–water partition coefficient (Wildman–Crippen LogP) is -0.119. The normalized spacial score (nSPS) is 22.5. The van der Waals surface area contributed by atoms with E-state index >= 15 is 0 Å². The number of hydrogen-bond donors (Lipinski definition) is 2. The summed E-state index contributed by atoms with van der Waals surface area (Å²) in [6, 6.07) is 1.08. The third-order valence-corrected chi connectivity index (χ3v) is 4.40. The minimum atomic E-state index is 0.187. The quantitative estimate of drug-likeness (QED) is 0.705. The van der Waals surface area contributed by atoms with Crippen molar-refractivity contribution in [2.75, 3.05) is 45.8 Å². The van der Waals surface area contributed by atoms with Gasteiger partial charge in [-0.25, -0.2) is 0 Å². The van der Waals surface area contributed by atoms with Gasteiger partial charge in [0, 0.05) is 51.4 Å². The van der Waals surface area contributed by atoms with Crippen molar-refractivity contribution in [1.82, 2.24) is 20.4 Å². The number of nitrogens with one attached hydrogen (secondary N) is 2. The van der Waals surface area contributed by atoms with Crippen LogP contribution in [-0.4, -0.2) is 73.6 Å². The molecule has 2 saturated heterocycles. The zero-order valence-corrected chi connectivity index (χ0v) is 12.3. The second-order valence-electron chi connectivity index (χ2n) is 5.71. The molecule has 2 aliphatic heterocycles. The lowest BCUT2D eigenvalue weighted by molar-refractivity contribution is -0.123. The smallest absolute Gasteiger partial charge is 0.234 e. The molecule has 0 spiro atoms. The minimum Gasteiger partial charge on any atom is -0.352 e. The van der Waals surface area contributed by atoms with Crippen LogP contribution in [0.2, 0.25) is 0 Å². The molecule has 1 amide bonds. The van der Waals surface area contributed by atoms with Crippen LogP contribution in [-0.2, 0) is 4.79 Å². The van der Waals surface area contributed by atoms with Crippen LogP contribution in [0, 0.1) is 0 Å². The van der Waals surface area contributed by atoms with Crippen LogP contribution < -0.4 is 10.6 Å². The molecule has 0 aromatic carbocycles. The van der Waals surface area contributed by atoms with Crippen LogP contribution in [0.5, 0.6) is 0 Å². The fourth-order valence-electron chi connectivity index (χ4n) is 2.79. The van der Waals surface area contributed by atoms with E-state index in [2.05, 4.69) is 34.3 Å². The van der Waals surface area contributed by atoms with E-state index in [1.54, 1.807) is 0 Å². The lowest BCUT2D eigenvalue weighted by Crippen LogP contribution is -2.62. The summed E-state index contributed by atoms with van der Waals surface area (Å²) in [5.41, 5.74) is 0. The molecule has 2 N–H and O–H groups in total. The average Bonchev–Trinajstić information content (AvgIpc) is 2.36. The third-order valence-electron chi connectivity index (χ3n) is 4.40. The average molecular weight is 268 g/mol. The Balaban J connectivity index is 1.65. The van der Waals surface area contributed by atoms with E-state index in [1.165, 1.54) is 0 Å². The Morgan fingerprint density at radius 3 is 2.32 bits per heavy atom. The second kappa shape index (κ2) is 7.22. The van der Waals surface area contributed by atoms with Crippen LogP contribution >= 0.6 is 0 Å². The van der Waals surface area contributed by atoms with E-state index in [4.69, 9.17) is 0 Å². The Morgan fingerprint density at radius 2 is 1.84 bits per heavy atom. The zero-order valence-electron chi connectivity index (χ0n) is 12.3. The molecule has 0 bridgehead atoms. The summed E-state index contributed by atoms with van der Waals surface area (Å²) in [5.74, 6) is 0.187. The number of piperazine rings is 1. The third kappa shape index (κ3) is 4.16. The highest BCUT2D eigenvalue weighted by Gasteiger charge is 2.28. The zero-order chi connectivity index (χ0) is 13.7. The molecule has 0 aliphatic carbocycles. The van der Waals surface area contributed by atoms with Gasteiger partial charge in [-0.3, -0.25) is 14.6 Å². The molecule has 110 valence electrons. The maximum absolute atomic E-state index is 11.9. The molecule has 2 heterocycles. The highest BCUT2D eigenvalue weighted by molar-refractivity contribution is 5.78. The summed E-state index contributed by atoms with van der Waals surface area (Å²) >= 11 is 0. The first kappa shape index (κ1) is 14.8. The van der Waals surface area contributed by atoms with Gasteiger partial charge in [0.1, 0.15) is 0 Å². The van der Waals surface area contributed by atoms with Gasteiger partial charge in [-0.15, -0.1) is 0 Å². The Labute approximate surface area is 116 Å². The number of carbonyl (C=O) groups excluding carboxylic acids is 1. The Morgan fingerprint density at radius 1 is 1.21 bits per heavy atom. The van der Waals surface area contributed by atoms with Gasteiger partial charge in [0.05, 0.1) is 6.54 Å². The van der Waals surface area contributed by atoms with Crippen LogP contribution in [0.25, 0.3) is 0 Å². The summed E-state index contributed by atoms with van der Waals surface area (Å²) in [7, 11) is 0. The number of hydrogen-bond acceptors (Lipinski definition) is 4. The molecule has 2 aliphatic rings. The van der Waals surface area contributed by atoms with E-state index in [1.807, 2.05) is 0 Å². The number of nitrogens with zero attached hydrogens (tertiary/aromatic N) is 2. The Hall–Kier alpha value is -0.650. The maximum Gasteiger partial charge on any atom is 0.234 e. The fraction of sp³-hybridized carbons (Fsp3) is 0.929. The van der Waals surface area contributed by atoms with Gasteiger partial charge in [0.2, 0.25) is 5.91 Å². The molecule has 2 rings (SSSR count). The van der Waals surface area contributed by atoms with Gasteiger partial charge in [-0.05, 0) is 12.8 Å². The van der Waals surface area contributed by atoms with Crippen LogP contribution in [0.4, 0.5) is 0 Å². The maximum atomic E-state index is 11.9. The Bertz CT molecular complexity index is 281. The Kier molecular flexibility index (Phi) is 5.60. The topological polar surface area (TPSA) is 47.6 Å². The molecular formula is C14H28N4O. The van der Waals surface area contributed by atoms with Gasteiger partial charge < -0.3 is 10.6 Å². The fourth-order valence-corrected chi connectivity index (χ4v) is 2.79. The van der Waals surface area contributed by atoms with Crippen molar-refractivity contribution in [2.24, 2.45) is 0 Å². The van der Waals surface area contributed by atoms with Crippen LogP contribution in [0.3, 0.4) is 0 Å². The SMILES string of the molecule is CCC(CC)NC(=O)CN1CCN(C2CNC2)CC1. The van der Waals surface area contributed by atoms with Gasteiger partial charge in [0.25, 0.3) is 0 Å². The van der Waals surface area contributed by atoms with E-state index in [-0.39, 0.29) is 5.91 Å². The van der Waals surface area contributed by atoms with Crippen molar-refractivity contribution in [3.8, 4) is 0 Å². The van der Waals surface area contributed by atoms with Gasteiger partial charge in [0.15, 0.2) is 0 Å². The number of amides is 1. The lowest BCUT2D eigenvalue weighted by atomic mass is 10.1. The molecular weight excluding hydrogens is 240 g/mol. The molecule has 0 radical (unpaired) electrons. The van der Waals surface area contributed by atoms with Gasteiger partial charge in [-0.1, -0.05) is 13.8 Å². The molecule has 0 aromatic heterocycles. The summed E-state index contributed by atoms with van der Waals surface area (Å²) in [6.45, 7) is 11.3. The number of rotatable bonds is 6. The largest absolute Gasteiger partial charge is 0.352 e. The summed E-state index contributed by atoms with van der Waals surface area (Å²) in [5, 5.41) is 6.43. The van der Waals surface area contributed by atoms with Crippen molar-refractivity contribution in [2.45, 2.75) is 38.8 Å². The van der Waals surface area contributed by atoms with E-state index < -0.39 is 0 Å². The molecule has 0 aromatic rings. The van der Waals surface area contributed by atoms with E-state index in [0.29, 0.717) is 12.6 Å². The first-order valence-electron chi connectivity index (χ1n) is 7.69. The van der Waals surface area contributed by atoms with E-state index in [9.17, 15) is 4.79 Å². The predicted molar refractivity (Wildman–Crippen MR) is 77.2 cm³/mol. The highest BCUT2D eigenvalue weighted by atomic mass is 16.2. The summed E-state index contributed by atoms with van der Waals surface area (Å²) in [4.78, 5) is 16.8. The van der Waals surface area contributed by atoms with Gasteiger partial charge in [-0.2, -0.15) is 0 Å². The lowest BCUT2D eigenvalue weighted by Gasteiger charge is -2.43. The first-order chi connectivity index (χ1) is 9.22. The van der Waals surface area contributed by atoms with Crippen molar-refractivity contribution in [3.63, 3.8) is 0 Å². The van der Waals surface area contributed by atoms with E-state index in [0.717, 1.165) is 58.2 Å². The molecule has 0 atom stereocenters. The standard InChI is InChI=1S/C14H28N4O/c1-3-12(4-2)16-14(19)11-17-5-7-18(8-6-17)13-9-15-10-13/h12-13,15H,3-11H2,1-2H3,(H,16,19). The summed E-state index contributed by atoms with van der Waals surface area (Å²) < 4.78 is 0. The molecule has 0 unspecified atom stereocenters. The monoisotopic (exact) mass is 268 g/mol. The molecule has 5 nitrogen and oxygen atoms in total. The molecule has 0 saturated carbocycles. The molecule has 19 heavy (non-hydrogen) atoms. The second-order valence-corrected chi connectivity index (χ2v) is 5.71.